The Bertz CT molecular complexity index is 178. The van der Waals surface area contributed by atoms with Gasteiger partial charge in [0.25, 0.3) is 0 Å². The van der Waals surface area contributed by atoms with Gasteiger partial charge in [-0.25, -0.2) is 7.91 Å². The quantitative estimate of drug-likeness (QED) is 0.428. The summed E-state index contributed by atoms with van der Waals surface area (Å²) >= 11 is 1.92. The molecule has 1 saturated heterocycles. The van der Waals surface area contributed by atoms with E-state index in [9.17, 15) is 4.79 Å². The molecule has 1 rings (SSSR count). The second-order valence-corrected chi connectivity index (χ2v) is 3.78. The van der Waals surface area contributed by atoms with E-state index in [2.05, 4.69) is 0 Å². The van der Waals surface area contributed by atoms with E-state index < -0.39 is 0 Å². The highest BCUT2D eigenvalue weighted by atomic mass is 127. The molecule has 0 aromatic heterocycles. The van der Waals surface area contributed by atoms with Crippen molar-refractivity contribution in [3.8, 4) is 0 Å². The van der Waals surface area contributed by atoms with E-state index in [4.69, 9.17) is 14.2 Å². The molecule has 1 amide bonds. The van der Waals surface area contributed by atoms with Crippen LogP contribution in [0.15, 0.2) is 0 Å². The first-order valence-corrected chi connectivity index (χ1v) is 4.91. The molecule has 0 bridgehead atoms. The number of hydrogen-bond donors (Lipinski definition) is 0. The van der Waals surface area contributed by atoms with Crippen LogP contribution in [0.5, 0.6) is 0 Å². The van der Waals surface area contributed by atoms with Gasteiger partial charge in [-0.2, -0.15) is 0 Å². The van der Waals surface area contributed by atoms with Gasteiger partial charge in [-0.15, -0.1) is 0 Å². The van der Waals surface area contributed by atoms with E-state index in [1.807, 2.05) is 22.9 Å². The molecule has 1 heterocycles. The van der Waals surface area contributed by atoms with Crippen LogP contribution in [0.4, 0.5) is 4.79 Å². The van der Waals surface area contributed by atoms with Crippen molar-refractivity contribution in [1.82, 2.24) is 3.11 Å². The molecule has 0 aromatic carbocycles. The van der Waals surface area contributed by atoms with Crippen LogP contribution >= 0.6 is 22.9 Å². The first-order valence-electron chi connectivity index (χ1n) is 3.94. The van der Waals surface area contributed by atoms with Gasteiger partial charge in [0.15, 0.2) is 0 Å². The van der Waals surface area contributed by atoms with E-state index >= 15 is 0 Å². The van der Waals surface area contributed by atoms with Crippen molar-refractivity contribution in [1.29, 1.82) is 0 Å². The third-order valence-corrected chi connectivity index (χ3v) is 2.35. The van der Waals surface area contributed by atoms with Crippen molar-refractivity contribution in [2.24, 2.45) is 0 Å². The largest absolute Gasteiger partial charge is 0.441 e. The van der Waals surface area contributed by atoms with E-state index in [1.54, 1.807) is 7.11 Å². The summed E-state index contributed by atoms with van der Waals surface area (Å²) < 4.78 is 16.5. The van der Waals surface area contributed by atoms with Gasteiger partial charge in [-0.05, 0) is 0 Å². The van der Waals surface area contributed by atoms with E-state index in [0.29, 0.717) is 26.4 Å². The predicted octanol–water partition coefficient (Wildman–Crippen LogP) is 0.820. The first kappa shape index (κ1) is 11.0. The zero-order valence-electron chi connectivity index (χ0n) is 7.36. The average Bonchev–Trinajstić information content (AvgIpc) is 2.41. The number of nitrogens with zero attached hydrogens (tertiary/aromatic N) is 1. The standard InChI is InChI=1S/C7H12INO4/c1-11-2-3-12-5-6-4-9(8)7(10)13-6/h6H,2-5H2,1H3/t6-/m1/s1. The van der Waals surface area contributed by atoms with Crippen molar-refractivity contribution in [2.75, 3.05) is 33.5 Å². The molecule has 1 atom stereocenters. The number of methoxy groups -OCH3 is 1. The van der Waals surface area contributed by atoms with Crippen molar-refractivity contribution >= 4 is 29.0 Å². The predicted molar refractivity (Wildman–Crippen MR) is 53.7 cm³/mol. The Hall–Kier alpha value is -0.0800. The monoisotopic (exact) mass is 301 g/mol. The average molecular weight is 301 g/mol. The summed E-state index contributed by atoms with van der Waals surface area (Å²) in [6, 6.07) is 0. The molecule has 13 heavy (non-hydrogen) atoms. The number of hydrogen-bond acceptors (Lipinski definition) is 4. The fourth-order valence-corrected chi connectivity index (χ4v) is 1.49. The molecule has 5 nitrogen and oxygen atoms in total. The summed E-state index contributed by atoms with van der Waals surface area (Å²) in [5.74, 6) is 0. The SMILES string of the molecule is COCCOC[C@H]1CN(I)C(=O)O1. The highest BCUT2D eigenvalue weighted by molar-refractivity contribution is 14.1. The summed E-state index contributed by atoms with van der Waals surface area (Å²) in [5, 5.41) is 0. The van der Waals surface area contributed by atoms with Crippen LogP contribution in [0.2, 0.25) is 0 Å². The molecule has 0 radical (unpaired) electrons. The molecule has 76 valence electrons. The Kier molecular flexibility index (Phi) is 4.74. The Labute approximate surface area is 90.8 Å². The minimum absolute atomic E-state index is 0.138. The number of amides is 1. The second kappa shape index (κ2) is 5.61. The van der Waals surface area contributed by atoms with Crippen LogP contribution in [-0.4, -0.2) is 48.8 Å². The number of carbonyl (C=O) groups excluding carboxylic acids is 1. The van der Waals surface area contributed by atoms with Gasteiger partial charge in [0.05, 0.1) is 49.2 Å². The molecule has 0 saturated carbocycles. The topological polar surface area (TPSA) is 48.0 Å². The smallest absolute Gasteiger partial charge is 0.419 e. The minimum atomic E-state index is -0.291. The lowest BCUT2D eigenvalue weighted by Gasteiger charge is -2.07. The van der Waals surface area contributed by atoms with Gasteiger partial charge in [0.1, 0.15) is 6.10 Å². The number of cyclic esters (lactones) is 1. The summed E-state index contributed by atoms with van der Waals surface area (Å²) in [4.78, 5) is 10.9. The molecule has 6 heteroatoms. The van der Waals surface area contributed by atoms with Crippen molar-refractivity contribution in [2.45, 2.75) is 6.10 Å². The third-order valence-electron chi connectivity index (χ3n) is 1.57. The number of halogens is 1. The lowest BCUT2D eigenvalue weighted by Crippen LogP contribution is -2.20. The fraction of sp³-hybridized carbons (Fsp3) is 0.857. The number of rotatable bonds is 5. The molecule has 0 N–H and O–H groups in total. The molecule has 0 aliphatic carbocycles. The molecule has 1 aliphatic heterocycles. The number of carbonyl (C=O) groups is 1. The Balaban J connectivity index is 2.07. The summed E-state index contributed by atoms with van der Waals surface area (Å²) in [5.41, 5.74) is 0. The van der Waals surface area contributed by atoms with Crippen LogP contribution in [-0.2, 0) is 14.2 Å². The molecular formula is C7H12INO4. The summed E-state index contributed by atoms with van der Waals surface area (Å²) in [7, 11) is 1.62. The summed E-state index contributed by atoms with van der Waals surface area (Å²) in [6.45, 7) is 2.13. The molecule has 1 fully saturated rings. The molecule has 0 unspecified atom stereocenters. The van der Waals surface area contributed by atoms with Crippen LogP contribution in [0.3, 0.4) is 0 Å². The lowest BCUT2D eigenvalue weighted by atomic mass is 10.4. The Morgan fingerprint density at radius 1 is 1.69 bits per heavy atom. The maximum atomic E-state index is 10.9. The molecule has 0 aromatic rings. The normalized spacial score (nSPS) is 22.2. The van der Waals surface area contributed by atoms with Crippen LogP contribution in [0.1, 0.15) is 0 Å². The highest BCUT2D eigenvalue weighted by Gasteiger charge is 2.29. The maximum absolute atomic E-state index is 10.9. The van der Waals surface area contributed by atoms with Crippen molar-refractivity contribution in [3.05, 3.63) is 0 Å². The Morgan fingerprint density at radius 3 is 3.00 bits per heavy atom. The van der Waals surface area contributed by atoms with Crippen LogP contribution < -0.4 is 0 Å². The number of ether oxygens (including phenoxy) is 3. The molecule has 0 spiro atoms. The minimum Gasteiger partial charge on any atom is -0.441 e. The van der Waals surface area contributed by atoms with E-state index in [0.717, 1.165) is 0 Å². The van der Waals surface area contributed by atoms with Gasteiger partial charge in [-0.3, -0.25) is 0 Å². The van der Waals surface area contributed by atoms with Gasteiger partial charge in [0, 0.05) is 7.11 Å². The first-order chi connectivity index (χ1) is 6.24. The van der Waals surface area contributed by atoms with Crippen LogP contribution in [0.25, 0.3) is 0 Å². The molecule has 1 aliphatic rings. The zero-order chi connectivity index (χ0) is 9.68. The van der Waals surface area contributed by atoms with Gasteiger partial charge < -0.3 is 14.2 Å². The maximum Gasteiger partial charge on any atom is 0.419 e. The third kappa shape index (κ3) is 3.65. The second-order valence-electron chi connectivity index (χ2n) is 2.62. The zero-order valence-corrected chi connectivity index (χ0v) is 9.52. The Morgan fingerprint density at radius 2 is 2.46 bits per heavy atom. The van der Waals surface area contributed by atoms with Gasteiger partial charge in [0.2, 0.25) is 0 Å². The fourth-order valence-electron chi connectivity index (χ4n) is 0.934. The van der Waals surface area contributed by atoms with E-state index in [-0.39, 0.29) is 12.2 Å². The summed E-state index contributed by atoms with van der Waals surface area (Å²) in [6.07, 6.45) is -0.429. The van der Waals surface area contributed by atoms with Crippen LogP contribution in [0, 0.1) is 0 Å². The van der Waals surface area contributed by atoms with Crippen molar-refractivity contribution < 1.29 is 19.0 Å². The molecular weight excluding hydrogens is 289 g/mol. The van der Waals surface area contributed by atoms with Gasteiger partial charge >= 0.3 is 6.09 Å². The van der Waals surface area contributed by atoms with Crippen molar-refractivity contribution in [3.63, 3.8) is 0 Å². The van der Waals surface area contributed by atoms with Gasteiger partial charge in [-0.1, -0.05) is 0 Å². The lowest BCUT2D eigenvalue weighted by molar-refractivity contribution is 0.0216. The highest BCUT2D eigenvalue weighted by Crippen LogP contribution is 2.15. The van der Waals surface area contributed by atoms with E-state index in [1.165, 1.54) is 3.11 Å².